The van der Waals surface area contributed by atoms with Gasteiger partial charge in [-0.05, 0) is 46.1 Å². The summed E-state index contributed by atoms with van der Waals surface area (Å²) in [5.74, 6) is 1.86. The van der Waals surface area contributed by atoms with E-state index < -0.39 is 0 Å². The Bertz CT molecular complexity index is 647. The zero-order valence-electron chi connectivity index (χ0n) is 13.4. The highest BCUT2D eigenvalue weighted by molar-refractivity contribution is 7.18. The molecule has 1 aliphatic rings. The van der Waals surface area contributed by atoms with Crippen molar-refractivity contribution in [2.45, 2.75) is 52.5 Å². The number of thiophene rings is 1. The lowest BCUT2D eigenvalue weighted by Gasteiger charge is -2.33. The number of hydrogen-bond donors (Lipinski definition) is 1. The van der Waals surface area contributed by atoms with Crippen LogP contribution in [-0.2, 0) is 6.42 Å². The van der Waals surface area contributed by atoms with Gasteiger partial charge < -0.3 is 10.2 Å². The molecule has 5 heteroatoms. The highest BCUT2D eigenvalue weighted by Crippen LogP contribution is 2.39. The fourth-order valence-electron chi connectivity index (χ4n) is 3.07. The van der Waals surface area contributed by atoms with E-state index in [0.717, 1.165) is 36.1 Å². The van der Waals surface area contributed by atoms with E-state index in [9.17, 15) is 0 Å². The molecule has 0 radical (unpaired) electrons. The number of rotatable bonds is 4. The highest BCUT2D eigenvalue weighted by Gasteiger charge is 2.34. The van der Waals surface area contributed by atoms with Gasteiger partial charge in [-0.1, -0.05) is 6.92 Å². The van der Waals surface area contributed by atoms with Gasteiger partial charge in [-0.25, -0.2) is 4.98 Å². The molecule has 0 spiro atoms. The lowest BCUT2D eigenvalue weighted by Crippen LogP contribution is -2.38. The molecule has 0 aromatic carbocycles. The van der Waals surface area contributed by atoms with E-state index >= 15 is 0 Å². The smallest absolute Gasteiger partial charge is 0.226 e. The largest absolute Gasteiger partial charge is 0.354 e. The second-order valence-corrected chi connectivity index (χ2v) is 7.37. The molecule has 0 atom stereocenters. The zero-order valence-corrected chi connectivity index (χ0v) is 14.2. The first-order valence-corrected chi connectivity index (χ1v) is 8.68. The van der Waals surface area contributed by atoms with Crippen molar-refractivity contribution in [3.8, 4) is 0 Å². The van der Waals surface area contributed by atoms with Crippen molar-refractivity contribution in [3.63, 3.8) is 0 Å². The van der Waals surface area contributed by atoms with Gasteiger partial charge in [0.2, 0.25) is 5.95 Å². The first-order valence-electron chi connectivity index (χ1n) is 7.87. The predicted molar refractivity (Wildman–Crippen MR) is 91.6 cm³/mol. The van der Waals surface area contributed by atoms with Crippen LogP contribution in [0.25, 0.3) is 10.2 Å². The standard InChI is InChI=1S/C16H24N4S/c1-5-11-10-12-13(20-9-7-8-16(20,3)4)18-15(17-6-2)19-14(12)21-11/h10H,5-9H2,1-4H3,(H,17,18,19). The molecule has 0 aliphatic carbocycles. The predicted octanol–water partition coefficient (Wildman–Crippen LogP) is 4.06. The van der Waals surface area contributed by atoms with E-state index in [1.54, 1.807) is 11.3 Å². The Morgan fingerprint density at radius 2 is 2.14 bits per heavy atom. The number of anilines is 2. The summed E-state index contributed by atoms with van der Waals surface area (Å²) in [6.45, 7) is 10.8. The number of aryl methyl sites for hydroxylation is 1. The van der Waals surface area contributed by atoms with Crippen molar-refractivity contribution >= 4 is 33.3 Å². The summed E-state index contributed by atoms with van der Waals surface area (Å²) in [4.78, 5) is 14.5. The van der Waals surface area contributed by atoms with E-state index in [2.05, 4.69) is 49.0 Å². The summed E-state index contributed by atoms with van der Waals surface area (Å²) in [5.41, 5.74) is 0.180. The third kappa shape index (κ3) is 2.59. The SMILES string of the molecule is CCNc1nc(N2CCCC2(C)C)c2cc(CC)sc2n1. The van der Waals surface area contributed by atoms with Gasteiger partial charge in [0, 0.05) is 23.5 Å². The minimum Gasteiger partial charge on any atom is -0.354 e. The fraction of sp³-hybridized carbons (Fsp3) is 0.625. The quantitative estimate of drug-likeness (QED) is 0.924. The molecule has 1 N–H and O–H groups in total. The molecule has 4 nitrogen and oxygen atoms in total. The van der Waals surface area contributed by atoms with Crippen molar-refractivity contribution in [2.75, 3.05) is 23.3 Å². The average Bonchev–Trinajstić information content (AvgIpc) is 3.00. The monoisotopic (exact) mass is 304 g/mol. The van der Waals surface area contributed by atoms with Gasteiger partial charge in [0.25, 0.3) is 0 Å². The van der Waals surface area contributed by atoms with Gasteiger partial charge in [0.05, 0.1) is 5.39 Å². The molecule has 3 heterocycles. The zero-order chi connectivity index (χ0) is 15.0. The Morgan fingerprint density at radius 1 is 1.33 bits per heavy atom. The van der Waals surface area contributed by atoms with Crippen LogP contribution in [0.3, 0.4) is 0 Å². The first kappa shape index (κ1) is 14.6. The molecule has 2 aromatic heterocycles. The van der Waals surface area contributed by atoms with E-state index in [1.165, 1.54) is 23.1 Å². The summed E-state index contributed by atoms with van der Waals surface area (Å²) < 4.78 is 0. The Hall–Kier alpha value is -1.36. The van der Waals surface area contributed by atoms with Gasteiger partial charge in [-0.2, -0.15) is 4.98 Å². The first-order chi connectivity index (χ1) is 10.0. The summed E-state index contributed by atoms with van der Waals surface area (Å²) in [5, 5.41) is 4.49. The van der Waals surface area contributed by atoms with Crippen LogP contribution in [0.15, 0.2) is 6.07 Å². The van der Waals surface area contributed by atoms with Crippen LogP contribution in [0.2, 0.25) is 0 Å². The minimum atomic E-state index is 0.180. The number of nitrogens with one attached hydrogen (secondary N) is 1. The normalized spacial score (nSPS) is 17.6. The second kappa shape index (κ2) is 5.44. The molecule has 114 valence electrons. The van der Waals surface area contributed by atoms with Crippen LogP contribution in [0.4, 0.5) is 11.8 Å². The summed E-state index contributed by atoms with van der Waals surface area (Å²) in [6.07, 6.45) is 3.51. The average molecular weight is 304 g/mol. The number of aromatic nitrogens is 2. The van der Waals surface area contributed by atoms with Crippen LogP contribution in [-0.4, -0.2) is 28.6 Å². The van der Waals surface area contributed by atoms with E-state index in [0.29, 0.717) is 0 Å². The van der Waals surface area contributed by atoms with Crippen molar-refractivity contribution in [2.24, 2.45) is 0 Å². The fourth-order valence-corrected chi connectivity index (χ4v) is 4.04. The molecule has 1 aliphatic heterocycles. The van der Waals surface area contributed by atoms with Gasteiger partial charge in [-0.3, -0.25) is 0 Å². The molecule has 0 unspecified atom stereocenters. The maximum Gasteiger partial charge on any atom is 0.226 e. The molecule has 0 saturated carbocycles. The second-order valence-electron chi connectivity index (χ2n) is 6.25. The van der Waals surface area contributed by atoms with Crippen molar-refractivity contribution in [1.82, 2.24) is 9.97 Å². The van der Waals surface area contributed by atoms with E-state index in [4.69, 9.17) is 4.98 Å². The van der Waals surface area contributed by atoms with Crippen LogP contribution in [0.5, 0.6) is 0 Å². The van der Waals surface area contributed by atoms with Crippen LogP contribution >= 0.6 is 11.3 Å². The summed E-state index contributed by atoms with van der Waals surface area (Å²) in [6, 6.07) is 2.28. The van der Waals surface area contributed by atoms with Crippen molar-refractivity contribution < 1.29 is 0 Å². The maximum atomic E-state index is 4.83. The topological polar surface area (TPSA) is 41.1 Å². The van der Waals surface area contributed by atoms with Gasteiger partial charge in [0.15, 0.2) is 0 Å². The van der Waals surface area contributed by atoms with Crippen molar-refractivity contribution in [1.29, 1.82) is 0 Å². The van der Waals surface area contributed by atoms with E-state index in [1.807, 2.05) is 0 Å². The molecule has 1 fully saturated rings. The molecule has 0 bridgehead atoms. The summed E-state index contributed by atoms with van der Waals surface area (Å²) in [7, 11) is 0. The Kier molecular flexibility index (Phi) is 3.78. The molecule has 2 aromatic rings. The third-order valence-corrected chi connectivity index (χ3v) is 5.44. The van der Waals surface area contributed by atoms with Gasteiger partial charge in [-0.15, -0.1) is 11.3 Å². The van der Waals surface area contributed by atoms with Crippen molar-refractivity contribution in [3.05, 3.63) is 10.9 Å². The minimum absolute atomic E-state index is 0.180. The lowest BCUT2D eigenvalue weighted by molar-refractivity contribution is 0.515. The number of hydrogen-bond acceptors (Lipinski definition) is 5. The highest BCUT2D eigenvalue weighted by atomic mass is 32.1. The molecule has 3 rings (SSSR count). The number of fused-ring (bicyclic) bond motifs is 1. The molecule has 0 amide bonds. The number of nitrogens with zero attached hydrogens (tertiary/aromatic N) is 3. The van der Waals surface area contributed by atoms with Gasteiger partial charge in [0.1, 0.15) is 10.6 Å². The maximum absolute atomic E-state index is 4.83. The van der Waals surface area contributed by atoms with Crippen LogP contribution in [0, 0.1) is 0 Å². The van der Waals surface area contributed by atoms with E-state index in [-0.39, 0.29) is 5.54 Å². The Balaban J connectivity index is 2.16. The molecular weight excluding hydrogens is 280 g/mol. The molecule has 21 heavy (non-hydrogen) atoms. The lowest BCUT2D eigenvalue weighted by atomic mass is 10.0. The van der Waals surface area contributed by atoms with Gasteiger partial charge >= 0.3 is 0 Å². The Labute approximate surface area is 130 Å². The Morgan fingerprint density at radius 3 is 2.76 bits per heavy atom. The molecule has 1 saturated heterocycles. The summed E-state index contributed by atoms with van der Waals surface area (Å²) >= 11 is 1.79. The molecular formula is C16H24N4S. The van der Waals surface area contributed by atoms with Crippen LogP contribution in [0.1, 0.15) is 45.4 Å². The third-order valence-electron chi connectivity index (χ3n) is 4.26. The van der Waals surface area contributed by atoms with Crippen LogP contribution < -0.4 is 10.2 Å².